The van der Waals surface area contributed by atoms with E-state index in [-0.39, 0.29) is 6.54 Å². The second-order valence-electron chi connectivity index (χ2n) is 3.69. The van der Waals surface area contributed by atoms with Gasteiger partial charge >= 0.3 is 6.18 Å². The van der Waals surface area contributed by atoms with Crippen LogP contribution in [0.4, 0.5) is 13.2 Å². The minimum absolute atomic E-state index is 0.144. The fourth-order valence-electron chi connectivity index (χ4n) is 1.21. The number of likely N-dealkylation sites (N-methyl/N-ethyl adjacent to an activating group) is 1. The van der Waals surface area contributed by atoms with Crippen LogP contribution in [0.5, 0.6) is 0 Å². The molecule has 6 heteroatoms. The molecule has 0 aliphatic heterocycles. The molecule has 0 saturated heterocycles. The Labute approximate surface area is 94.2 Å². The van der Waals surface area contributed by atoms with Gasteiger partial charge in [0, 0.05) is 13.1 Å². The van der Waals surface area contributed by atoms with Crippen molar-refractivity contribution in [2.24, 2.45) is 0 Å². The molecule has 0 aromatic carbocycles. The Morgan fingerprint density at radius 1 is 1.25 bits per heavy atom. The van der Waals surface area contributed by atoms with Gasteiger partial charge in [-0.25, -0.2) is 0 Å². The maximum Gasteiger partial charge on any atom is 0.419 e. The molecule has 0 aliphatic carbocycles. The summed E-state index contributed by atoms with van der Waals surface area (Å²) < 4.78 is 37.5. The van der Waals surface area contributed by atoms with Gasteiger partial charge in [0.15, 0.2) is 5.54 Å². The molecule has 3 nitrogen and oxygen atoms in total. The molecule has 1 N–H and O–H groups in total. The van der Waals surface area contributed by atoms with Crippen molar-refractivity contribution < 1.29 is 13.2 Å². The standard InChI is InChI=1S/C10H18F3N3/c1-4-16(5-2)7-6-15-9(3,8-14)10(11,12)13/h15H,4-7H2,1-3H3. The van der Waals surface area contributed by atoms with Crippen LogP contribution in [0, 0.1) is 11.3 Å². The van der Waals surface area contributed by atoms with E-state index in [2.05, 4.69) is 5.32 Å². The highest BCUT2D eigenvalue weighted by Crippen LogP contribution is 2.29. The fraction of sp³-hybridized carbons (Fsp3) is 0.900. The largest absolute Gasteiger partial charge is 0.419 e. The molecule has 1 unspecified atom stereocenters. The maximum atomic E-state index is 12.5. The Morgan fingerprint density at radius 3 is 2.06 bits per heavy atom. The quantitative estimate of drug-likeness (QED) is 0.765. The van der Waals surface area contributed by atoms with Crippen LogP contribution in [0.15, 0.2) is 0 Å². The lowest BCUT2D eigenvalue weighted by atomic mass is 10.0. The third kappa shape index (κ3) is 3.99. The molecule has 0 aliphatic rings. The van der Waals surface area contributed by atoms with E-state index in [1.807, 2.05) is 18.7 Å². The molecule has 1 atom stereocenters. The molecule has 0 amide bonds. The monoisotopic (exact) mass is 237 g/mol. The molecule has 0 aromatic heterocycles. The van der Waals surface area contributed by atoms with Gasteiger partial charge in [0.1, 0.15) is 0 Å². The molecule has 0 rings (SSSR count). The number of halogens is 3. The van der Waals surface area contributed by atoms with Crippen molar-refractivity contribution in [1.29, 1.82) is 5.26 Å². The van der Waals surface area contributed by atoms with E-state index in [1.165, 1.54) is 6.07 Å². The summed E-state index contributed by atoms with van der Waals surface area (Å²) in [5.41, 5.74) is -2.46. The fourth-order valence-corrected chi connectivity index (χ4v) is 1.21. The van der Waals surface area contributed by atoms with Crippen LogP contribution in [-0.4, -0.2) is 42.8 Å². The molecule has 0 fully saturated rings. The molecule has 16 heavy (non-hydrogen) atoms. The first-order valence-electron chi connectivity index (χ1n) is 5.26. The van der Waals surface area contributed by atoms with E-state index >= 15 is 0 Å². The minimum atomic E-state index is -4.55. The van der Waals surface area contributed by atoms with Crippen LogP contribution in [0.2, 0.25) is 0 Å². The van der Waals surface area contributed by atoms with Gasteiger partial charge < -0.3 is 4.90 Å². The number of nitrogens with one attached hydrogen (secondary N) is 1. The molecule has 0 bridgehead atoms. The summed E-state index contributed by atoms with van der Waals surface area (Å²) in [6.45, 7) is 6.95. The van der Waals surface area contributed by atoms with Crippen LogP contribution in [-0.2, 0) is 0 Å². The summed E-state index contributed by atoms with van der Waals surface area (Å²) in [6.07, 6.45) is -4.55. The van der Waals surface area contributed by atoms with Gasteiger partial charge in [-0.2, -0.15) is 18.4 Å². The lowest BCUT2D eigenvalue weighted by Crippen LogP contribution is -2.55. The summed E-state index contributed by atoms with van der Waals surface area (Å²) in [5.74, 6) is 0. The van der Waals surface area contributed by atoms with Crippen LogP contribution >= 0.6 is 0 Å². The van der Waals surface area contributed by atoms with E-state index in [1.54, 1.807) is 0 Å². The first kappa shape index (κ1) is 15.2. The molecule has 0 heterocycles. The van der Waals surface area contributed by atoms with Gasteiger partial charge in [0.25, 0.3) is 0 Å². The minimum Gasteiger partial charge on any atom is -0.303 e. The maximum absolute atomic E-state index is 12.5. The van der Waals surface area contributed by atoms with Gasteiger partial charge in [-0.05, 0) is 20.0 Å². The van der Waals surface area contributed by atoms with Crippen molar-refractivity contribution in [2.75, 3.05) is 26.2 Å². The van der Waals surface area contributed by atoms with E-state index in [4.69, 9.17) is 5.26 Å². The average molecular weight is 237 g/mol. The van der Waals surface area contributed by atoms with E-state index in [0.717, 1.165) is 20.0 Å². The van der Waals surface area contributed by atoms with Crippen molar-refractivity contribution >= 4 is 0 Å². The van der Waals surface area contributed by atoms with Crippen LogP contribution in [0.1, 0.15) is 20.8 Å². The lowest BCUT2D eigenvalue weighted by molar-refractivity contribution is -0.174. The van der Waals surface area contributed by atoms with E-state index in [0.29, 0.717) is 6.54 Å². The zero-order chi connectivity index (χ0) is 12.8. The second kappa shape index (κ2) is 6.06. The number of rotatable bonds is 6. The van der Waals surface area contributed by atoms with Crippen LogP contribution < -0.4 is 5.32 Å². The summed E-state index contributed by atoms with van der Waals surface area (Å²) in [6, 6.07) is 1.27. The molecule has 0 aromatic rings. The third-order valence-corrected chi connectivity index (χ3v) is 2.59. The lowest BCUT2D eigenvalue weighted by Gasteiger charge is -2.27. The van der Waals surface area contributed by atoms with Crippen LogP contribution in [0.25, 0.3) is 0 Å². The predicted molar refractivity (Wildman–Crippen MR) is 55.9 cm³/mol. The summed E-state index contributed by atoms with van der Waals surface area (Å²) in [7, 11) is 0. The molecule has 0 saturated carbocycles. The summed E-state index contributed by atoms with van der Waals surface area (Å²) >= 11 is 0. The SMILES string of the molecule is CCN(CC)CCNC(C)(C#N)C(F)(F)F. The zero-order valence-electron chi connectivity index (χ0n) is 9.86. The normalized spacial score (nSPS) is 15.9. The summed E-state index contributed by atoms with van der Waals surface area (Å²) in [4.78, 5) is 1.99. The van der Waals surface area contributed by atoms with Gasteiger partial charge in [-0.3, -0.25) is 5.32 Å². The number of alkyl halides is 3. The number of hydrogen-bond donors (Lipinski definition) is 1. The van der Waals surface area contributed by atoms with Gasteiger partial charge in [0.2, 0.25) is 0 Å². The van der Waals surface area contributed by atoms with Crippen LogP contribution in [0.3, 0.4) is 0 Å². The van der Waals surface area contributed by atoms with Crippen molar-refractivity contribution in [3.63, 3.8) is 0 Å². The smallest absolute Gasteiger partial charge is 0.303 e. The van der Waals surface area contributed by atoms with Crippen molar-refractivity contribution in [1.82, 2.24) is 10.2 Å². The highest BCUT2D eigenvalue weighted by atomic mass is 19.4. The van der Waals surface area contributed by atoms with Gasteiger partial charge in [-0.1, -0.05) is 13.8 Å². The number of nitriles is 1. The molecular weight excluding hydrogens is 219 g/mol. The first-order valence-corrected chi connectivity index (χ1v) is 5.26. The van der Waals surface area contributed by atoms with Crippen molar-refractivity contribution in [2.45, 2.75) is 32.5 Å². The highest BCUT2D eigenvalue weighted by molar-refractivity contribution is 5.09. The average Bonchev–Trinajstić information content (AvgIpc) is 2.22. The first-order chi connectivity index (χ1) is 7.30. The predicted octanol–water partition coefficient (Wildman–Crippen LogP) is 1.76. The van der Waals surface area contributed by atoms with E-state index in [9.17, 15) is 13.2 Å². The number of hydrogen-bond acceptors (Lipinski definition) is 3. The highest BCUT2D eigenvalue weighted by Gasteiger charge is 2.51. The van der Waals surface area contributed by atoms with E-state index < -0.39 is 11.7 Å². The Kier molecular flexibility index (Phi) is 5.76. The Morgan fingerprint density at radius 2 is 1.75 bits per heavy atom. The molecular formula is C10H18F3N3. The molecule has 94 valence electrons. The summed E-state index contributed by atoms with van der Waals surface area (Å²) in [5, 5.41) is 10.8. The van der Waals surface area contributed by atoms with Gasteiger partial charge in [0.05, 0.1) is 6.07 Å². The van der Waals surface area contributed by atoms with Crippen molar-refractivity contribution in [3.05, 3.63) is 0 Å². The Bertz CT molecular complexity index is 243. The molecule has 0 radical (unpaired) electrons. The second-order valence-corrected chi connectivity index (χ2v) is 3.69. The Balaban J connectivity index is 4.23. The third-order valence-electron chi connectivity index (χ3n) is 2.59. The van der Waals surface area contributed by atoms with Crippen molar-refractivity contribution in [3.8, 4) is 6.07 Å². The number of nitrogens with zero attached hydrogens (tertiary/aromatic N) is 2. The molecule has 0 spiro atoms. The zero-order valence-corrected chi connectivity index (χ0v) is 9.86. The Hall–Kier alpha value is -0.800. The topological polar surface area (TPSA) is 39.1 Å². The van der Waals surface area contributed by atoms with Gasteiger partial charge in [-0.15, -0.1) is 0 Å².